The number of aromatic nitrogens is 2. The second-order valence-electron chi connectivity index (χ2n) is 11.2. The second kappa shape index (κ2) is 13.3. The van der Waals surface area contributed by atoms with Gasteiger partial charge in [-0.15, -0.1) is 0 Å². The SMILES string of the molecule is N#Cc1ccnc(N2C(=O)CC[C@H]2C(=O)N(c2cc(F)cc(F)c2)[C@H](C(=O)CCC2CCC(F)(F)CC2)c2ccccc2Cl)n1. The number of amides is 2. The zero-order valence-corrected chi connectivity index (χ0v) is 24.7. The summed E-state index contributed by atoms with van der Waals surface area (Å²) < 4.78 is 56.8. The minimum absolute atomic E-state index is 0.0359. The van der Waals surface area contributed by atoms with E-state index in [4.69, 9.17) is 11.6 Å². The summed E-state index contributed by atoms with van der Waals surface area (Å²) in [6.07, 6.45) is 1.15. The molecule has 2 fully saturated rings. The third-order valence-corrected chi connectivity index (χ3v) is 8.58. The molecule has 1 aromatic heterocycles. The molecule has 2 aliphatic rings. The highest BCUT2D eigenvalue weighted by atomic mass is 35.5. The molecule has 13 heteroatoms. The third-order valence-electron chi connectivity index (χ3n) is 8.23. The minimum atomic E-state index is -2.74. The molecule has 0 radical (unpaired) electrons. The Hall–Kier alpha value is -4.37. The van der Waals surface area contributed by atoms with Crippen LogP contribution in [0.1, 0.15) is 68.7 Å². The van der Waals surface area contributed by atoms with Crippen LogP contribution in [0.25, 0.3) is 0 Å². The number of hydrogen-bond donors (Lipinski definition) is 0. The van der Waals surface area contributed by atoms with Crippen LogP contribution in [0, 0.1) is 28.9 Å². The molecule has 2 amide bonds. The van der Waals surface area contributed by atoms with E-state index in [-0.39, 0.29) is 85.2 Å². The average molecular weight is 642 g/mol. The van der Waals surface area contributed by atoms with Crippen LogP contribution in [0.4, 0.5) is 29.2 Å². The Bertz CT molecular complexity index is 1640. The molecule has 3 aromatic rings. The molecule has 1 saturated heterocycles. The van der Waals surface area contributed by atoms with Gasteiger partial charge in [0.1, 0.15) is 35.5 Å². The van der Waals surface area contributed by atoms with Crippen molar-refractivity contribution in [2.75, 3.05) is 9.80 Å². The molecule has 0 unspecified atom stereocenters. The number of alkyl halides is 2. The lowest BCUT2D eigenvalue weighted by atomic mass is 9.82. The van der Waals surface area contributed by atoms with Crippen molar-refractivity contribution in [3.8, 4) is 6.07 Å². The molecule has 1 aliphatic heterocycles. The zero-order valence-electron chi connectivity index (χ0n) is 23.9. The van der Waals surface area contributed by atoms with Crippen LogP contribution in [0.15, 0.2) is 54.7 Å². The fraction of sp³-hybridized carbons (Fsp3) is 0.375. The summed E-state index contributed by atoms with van der Waals surface area (Å²) in [6, 6.07) is 9.02. The molecule has 0 bridgehead atoms. The molecule has 45 heavy (non-hydrogen) atoms. The van der Waals surface area contributed by atoms with Crippen molar-refractivity contribution in [3.05, 3.63) is 82.6 Å². The topological polar surface area (TPSA) is 107 Å². The Morgan fingerprint density at radius 1 is 1.09 bits per heavy atom. The smallest absolute Gasteiger partial charge is 0.251 e. The van der Waals surface area contributed by atoms with Gasteiger partial charge in [0.2, 0.25) is 17.8 Å². The molecule has 5 rings (SSSR count). The summed E-state index contributed by atoms with van der Waals surface area (Å²) in [5, 5.41) is 9.42. The maximum absolute atomic E-state index is 14.7. The summed E-state index contributed by atoms with van der Waals surface area (Å²) >= 11 is 6.55. The van der Waals surface area contributed by atoms with Gasteiger partial charge in [0, 0.05) is 48.5 Å². The van der Waals surface area contributed by atoms with E-state index < -0.39 is 47.2 Å². The van der Waals surface area contributed by atoms with Crippen LogP contribution in [0.3, 0.4) is 0 Å². The monoisotopic (exact) mass is 641 g/mol. The largest absolute Gasteiger partial charge is 0.297 e. The van der Waals surface area contributed by atoms with E-state index >= 15 is 0 Å². The number of benzene rings is 2. The first-order valence-corrected chi connectivity index (χ1v) is 14.8. The van der Waals surface area contributed by atoms with Gasteiger partial charge in [-0.3, -0.25) is 24.2 Å². The summed E-state index contributed by atoms with van der Waals surface area (Å²) in [5.74, 6) is -7.04. The number of nitriles is 1. The first-order chi connectivity index (χ1) is 21.5. The van der Waals surface area contributed by atoms with Crippen molar-refractivity contribution in [1.82, 2.24) is 9.97 Å². The molecule has 1 saturated carbocycles. The van der Waals surface area contributed by atoms with E-state index in [0.29, 0.717) is 6.07 Å². The molecular formula is C32H28ClF4N5O3. The number of anilines is 2. The van der Waals surface area contributed by atoms with Crippen LogP contribution < -0.4 is 9.80 Å². The number of rotatable bonds is 9. The highest BCUT2D eigenvalue weighted by Gasteiger charge is 2.45. The lowest BCUT2D eigenvalue weighted by Gasteiger charge is -2.36. The Morgan fingerprint density at radius 3 is 2.44 bits per heavy atom. The van der Waals surface area contributed by atoms with Crippen molar-refractivity contribution < 1.29 is 31.9 Å². The number of halogens is 5. The summed E-state index contributed by atoms with van der Waals surface area (Å²) in [4.78, 5) is 51.8. The molecule has 0 spiro atoms. The number of hydrogen-bond acceptors (Lipinski definition) is 6. The van der Waals surface area contributed by atoms with Crippen LogP contribution in [0.2, 0.25) is 5.02 Å². The molecule has 234 valence electrons. The Morgan fingerprint density at radius 2 is 1.78 bits per heavy atom. The molecule has 1 aliphatic carbocycles. The standard InChI is InChI=1S/C32H28ClF4N5O3/c33-25-4-2-1-3-24(25)29(27(43)7-5-19-9-12-32(36,37)13-10-19)41(23-16-20(34)15-21(35)17-23)30(45)26-6-8-28(44)42(26)31-39-14-11-22(18-38)40-31/h1-4,11,14-17,19,26,29H,5-10,12-13H2/t26-,29-/m0/s1. The van der Waals surface area contributed by atoms with Crippen molar-refractivity contribution in [1.29, 1.82) is 5.26 Å². The van der Waals surface area contributed by atoms with Crippen LogP contribution >= 0.6 is 11.6 Å². The van der Waals surface area contributed by atoms with Gasteiger partial charge in [-0.05, 0) is 55.9 Å². The average Bonchev–Trinajstić information content (AvgIpc) is 3.40. The zero-order chi connectivity index (χ0) is 32.3. The number of carbonyl (C=O) groups is 3. The Kier molecular flexibility index (Phi) is 9.48. The molecule has 0 N–H and O–H groups in total. The maximum atomic E-state index is 14.7. The van der Waals surface area contributed by atoms with Crippen molar-refractivity contribution in [3.63, 3.8) is 0 Å². The second-order valence-corrected chi connectivity index (χ2v) is 11.6. The lowest BCUT2D eigenvalue weighted by molar-refractivity contribution is -0.126. The Labute approximate surface area is 261 Å². The van der Waals surface area contributed by atoms with E-state index in [2.05, 4.69) is 9.97 Å². The van der Waals surface area contributed by atoms with E-state index in [1.807, 2.05) is 6.07 Å². The molecule has 2 heterocycles. The Balaban J connectivity index is 1.57. The van der Waals surface area contributed by atoms with Gasteiger partial charge >= 0.3 is 0 Å². The molecule has 2 atom stereocenters. The normalized spacial score (nSPS) is 18.8. The van der Waals surface area contributed by atoms with E-state index in [0.717, 1.165) is 21.9 Å². The fourth-order valence-electron chi connectivity index (χ4n) is 5.96. The number of carbonyl (C=O) groups excluding carboxylic acids is 3. The van der Waals surface area contributed by atoms with Crippen molar-refractivity contribution >= 4 is 40.8 Å². The predicted molar refractivity (Wildman–Crippen MR) is 156 cm³/mol. The highest BCUT2D eigenvalue weighted by Crippen LogP contribution is 2.40. The van der Waals surface area contributed by atoms with Gasteiger partial charge in [-0.25, -0.2) is 27.5 Å². The number of ketones is 1. The van der Waals surface area contributed by atoms with Crippen LogP contribution in [-0.4, -0.2) is 39.5 Å². The highest BCUT2D eigenvalue weighted by molar-refractivity contribution is 6.31. The fourth-order valence-corrected chi connectivity index (χ4v) is 6.20. The first kappa shape index (κ1) is 32.0. The van der Waals surface area contributed by atoms with E-state index in [1.165, 1.54) is 24.4 Å². The summed E-state index contributed by atoms with van der Waals surface area (Å²) in [5.41, 5.74) is -0.172. The van der Waals surface area contributed by atoms with Crippen molar-refractivity contribution in [2.45, 2.75) is 69.4 Å². The van der Waals surface area contributed by atoms with Crippen LogP contribution in [-0.2, 0) is 14.4 Å². The quantitative estimate of drug-likeness (QED) is 0.240. The molecule has 2 aromatic carbocycles. The lowest BCUT2D eigenvalue weighted by Crippen LogP contribution is -2.50. The summed E-state index contributed by atoms with van der Waals surface area (Å²) in [7, 11) is 0. The van der Waals surface area contributed by atoms with E-state index in [9.17, 15) is 37.2 Å². The summed E-state index contributed by atoms with van der Waals surface area (Å²) in [6.45, 7) is 0. The van der Waals surface area contributed by atoms with Gasteiger partial charge in [-0.2, -0.15) is 5.26 Å². The van der Waals surface area contributed by atoms with Crippen molar-refractivity contribution in [2.24, 2.45) is 5.92 Å². The van der Waals surface area contributed by atoms with Gasteiger partial charge in [0.25, 0.3) is 5.91 Å². The maximum Gasteiger partial charge on any atom is 0.251 e. The predicted octanol–water partition coefficient (Wildman–Crippen LogP) is 6.72. The van der Waals surface area contributed by atoms with Gasteiger partial charge in [0.05, 0.1) is 5.69 Å². The van der Waals surface area contributed by atoms with Gasteiger partial charge in [0.15, 0.2) is 5.78 Å². The molecule has 8 nitrogen and oxygen atoms in total. The molecular weight excluding hydrogens is 614 g/mol. The number of Topliss-reactive ketones (excluding diaryl/α,β-unsaturated/α-hetero) is 1. The van der Waals surface area contributed by atoms with Gasteiger partial charge < -0.3 is 0 Å². The van der Waals surface area contributed by atoms with Gasteiger partial charge in [-0.1, -0.05) is 29.8 Å². The van der Waals surface area contributed by atoms with E-state index in [1.54, 1.807) is 12.1 Å². The minimum Gasteiger partial charge on any atom is -0.297 e. The van der Waals surface area contributed by atoms with Crippen LogP contribution in [0.5, 0.6) is 0 Å². The number of nitrogens with zero attached hydrogens (tertiary/aromatic N) is 5. The first-order valence-electron chi connectivity index (χ1n) is 14.5. The third kappa shape index (κ3) is 7.14.